The molecular formula is C7H12N4S. The average molecular weight is 184 g/mol. The molecule has 1 heterocycles. The summed E-state index contributed by atoms with van der Waals surface area (Å²) in [6.07, 6.45) is 5.14. The zero-order chi connectivity index (χ0) is 8.81. The molecule has 4 nitrogen and oxygen atoms in total. The number of nitrogens with one attached hydrogen (secondary N) is 1. The minimum Gasteiger partial charge on any atom is -0.394 e. The predicted octanol–water partition coefficient (Wildman–Crippen LogP) is 0.834. The lowest BCUT2D eigenvalue weighted by atomic mass is 10.5. The van der Waals surface area contributed by atoms with Crippen LogP contribution >= 0.6 is 11.8 Å². The van der Waals surface area contributed by atoms with E-state index in [1.165, 1.54) is 6.33 Å². The standard InChI is InChI=1S/C7H12N4S/c1-12-3-2-10-7-6(8)4-9-5-11-7/h4-5H,2-3,8H2,1H3,(H,9,10,11). The summed E-state index contributed by atoms with van der Waals surface area (Å²) < 4.78 is 0. The molecular weight excluding hydrogens is 172 g/mol. The van der Waals surface area contributed by atoms with E-state index in [0.717, 1.165) is 18.1 Å². The highest BCUT2D eigenvalue weighted by atomic mass is 32.2. The van der Waals surface area contributed by atoms with Crippen LogP contribution in [0.25, 0.3) is 0 Å². The average Bonchev–Trinajstić information content (AvgIpc) is 2.09. The van der Waals surface area contributed by atoms with Crippen LogP contribution in [0, 0.1) is 0 Å². The van der Waals surface area contributed by atoms with Crippen molar-refractivity contribution in [2.24, 2.45) is 0 Å². The second-order valence-corrected chi connectivity index (χ2v) is 3.23. The maximum absolute atomic E-state index is 5.61. The number of thioether (sulfide) groups is 1. The van der Waals surface area contributed by atoms with Gasteiger partial charge in [0, 0.05) is 12.3 Å². The Hall–Kier alpha value is -0.970. The van der Waals surface area contributed by atoms with E-state index in [2.05, 4.69) is 21.5 Å². The Morgan fingerprint density at radius 1 is 1.67 bits per heavy atom. The van der Waals surface area contributed by atoms with Crippen LogP contribution in [0.1, 0.15) is 0 Å². The molecule has 0 saturated heterocycles. The van der Waals surface area contributed by atoms with Gasteiger partial charge in [0.05, 0.1) is 11.9 Å². The number of aromatic nitrogens is 2. The lowest BCUT2D eigenvalue weighted by molar-refractivity contribution is 1.12. The minimum atomic E-state index is 0.596. The summed E-state index contributed by atoms with van der Waals surface area (Å²) in [6, 6.07) is 0. The van der Waals surface area contributed by atoms with Gasteiger partial charge in [0.1, 0.15) is 6.33 Å². The van der Waals surface area contributed by atoms with Gasteiger partial charge in [-0.25, -0.2) is 9.97 Å². The first kappa shape index (κ1) is 9.12. The Balaban J connectivity index is 2.46. The molecule has 66 valence electrons. The number of nitrogens with zero attached hydrogens (tertiary/aromatic N) is 2. The molecule has 0 spiro atoms. The van der Waals surface area contributed by atoms with Crippen molar-refractivity contribution in [1.82, 2.24) is 9.97 Å². The predicted molar refractivity (Wildman–Crippen MR) is 53.3 cm³/mol. The van der Waals surface area contributed by atoms with E-state index in [9.17, 15) is 0 Å². The molecule has 0 saturated carbocycles. The molecule has 0 unspecified atom stereocenters. The zero-order valence-corrected chi connectivity index (χ0v) is 7.77. The van der Waals surface area contributed by atoms with Gasteiger partial charge in [-0.1, -0.05) is 0 Å². The Kier molecular flexibility index (Phi) is 3.66. The van der Waals surface area contributed by atoms with E-state index >= 15 is 0 Å². The van der Waals surface area contributed by atoms with Gasteiger partial charge in [-0.2, -0.15) is 11.8 Å². The molecule has 1 rings (SSSR count). The van der Waals surface area contributed by atoms with Crippen LogP contribution in [0.2, 0.25) is 0 Å². The first-order valence-electron chi connectivity index (χ1n) is 3.63. The number of rotatable bonds is 4. The second kappa shape index (κ2) is 4.82. The fourth-order valence-corrected chi connectivity index (χ4v) is 1.07. The molecule has 1 aromatic rings. The highest BCUT2D eigenvalue weighted by molar-refractivity contribution is 7.98. The van der Waals surface area contributed by atoms with Gasteiger partial charge in [0.15, 0.2) is 5.82 Å². The Bertz CT molecular complexity index is 241. The fraction of sp³-hybridized carbons (Fsp3) is 0.429. The molecule has 0 atom stereocenters. The monoisotopic (exact) mass is 184 g/mol. The topological polar surface area (TPSA) is 63.8 Å². The highest BCUT2D eigenvalue weighted by Gasteiger charge is 1.96. The SMILES string of the molecule is CSCCNc1ncncc1N. The van der Waals surface area contributed by atoms with Gasteiger partial charge in [-0.3, -0.25) is 0 Å². The van der Waals surface area contributed by atoms with Crippen molar-refractivity contribution >= 4 is 23.3 Å². The molecule has 0 bridgehead atoms. The molecule has 1 aromatic heterocycles. The van der Waals surface area contributed by atoms with Crippen molar-refractivity contribution in [3.05, 3.63) is 12.5 Å². The number of anilines is 2. The molecule has 3 N–H and O–H groups in total. The number of nitrogens with two attached hydrogens (primary N) is 1. The van der Waals surface area contributed by atoms with Crippen molar-refractivity contribution in [1.29, 1.82) is 0 Å². The molecule has 5 heteroatoms. The van der Waals surface area contributed by atoms with E-state index in [1.54, 1.807) is 18.0 Å². The Morgan fingerprint density at radius 3 is 3.17 bits per heavy atom. The normalized spacial score (nSPS) is 9.75. The van der Waals surface area contributed by atoms with E-state index < -0.39 is 0 Å². The molecule has 12 heavy (non-hydrogen) atoms. The summed E-state index contributed by atoms with van der Waals surface area (Å²) in [5.41, 5.74) is 6.20. The summed E-state index contributed by atoms with van der Waals surface area (Å²) in [6.45, 7) is 0.877. The van der Waals surface area contributed by atoms with Crippen LogP contribution in [0.15, 0.2) is 12.5 Å². The number of hydrogen-bond acceptors (Lipinski definition) is 5. The third-order valence-corrected chi connectivity index (χ3v) is 1.95. The largest absolute Gasteiger partial charge is 0.394 e. The van der Waals surface area contributed by atoms with Gasteiger partial charge in [-0.05, 0) is 6.26 Å². The zero-order valence-electron chi connectivity index (χ0n) is 6.95. The number of nitrogen functional groups attached to an aromatic ring is 1. The Labute approximate surface area is 76.0 Å². The minimum absolute atomic E-state index is 0.596. The summed E-state index contributed by atoms with van der Waals surface area (Å²) in [4.78, 5) is 7.79. The lowest BCUT2D eigenvalue weighted by Crippen LogP contribution is -2.07. The van der Waals surface area contributed by atoms with E-state index in [4.69, 9.17) is 5.73 Å². The van der Waals surface area contributed by atoms with Gasteiger partial charge in [0.2, 0.25) is 0 Å². The molecule has 0 aromatic carbocycles. The van der Waals surface area contributed by atoms with Crippen LogP contribution in [-0.2, 0) is 0 Å². The second-order valence-electron chi connectivity index (χ2n) is 2.25. The first-order chi connectivity index (χ1) is 5.84. The summed E-state index contributed by atoms with van der Waals surface area (Å²) >= 11 is 1.78. The van der Waals surface area contributed by atoms with Crippen LogP contribution in [0.3, 0.4) is 0 Å². The Morgan fingerprint density at radius 2 is 2.50 bits per heavy atom. The van der Waals surface area contributed by atoms with E-state index in [1.807, 2.05) is 0 Å². The quantitative estimate of drug-likeness (QED) is 0.679. The van der Waals surface area contributed by atoms with E-state index in [0.29, 0.717) is 5.69 Å². The van der Waals surface area contributed by atoms with Crippen LogP contribution in [-0.4, -0.2) is 28.5 Å². The van der Waals surface area contributed by atoms with Crippen molar-refractivity contribution < 1.29 is 0 Å². The summed E-state index contributed by atoms with van der Waals surface area (Å²) in [7, 11) is 0. The molecule has 0 radical (unpaired) electrons. The van der Waals surface area contributed by atoms with E-state index in [-0.39, 0.29) is 0 Å². The van der Waals surface area contributed by atoms with Crippen LogP contribution in [0.5, 0.6) is 0 Å². The van der Waals surface area contributed by atoms with Crippen molar-refractivity contribution in [3.63, 3.8) is 0 Å². The number of hydrogen-bond donors (Lipinski definition) is 2. The lowest BCUT2D eigenvalue weighted by Gasteiger charge is -2.05. The summed E-state index contributed by atoms with van der Waals surface area (Å²) in [5, 5.41) is 3.12. The highest BCUT2D eigenvalue weighted by Crippen LogP contribution is 2.10. The van der Waals surface area contributed by atoms with Crippen LogP contribution in [0.4, 0.5) is 11.5 Å². The van der Waals surface area contributed by atoms with Gasteiger partial charge in [0.25, 0.3) is 0 Å². The molecule has 0 amide bonds. The molecule has 0 aliphatic carbocycles. The van der Waals surface area contributed by atoms with Crippen molar-refractivity contribution in [2.45, 2.75) is 0 Å². The smallest absolute Gasteiger partial charge is 0.152 e. The van der Waals surface area contributed by atoms with Crippen LogP contribution < -0.4 is 11.1 Å². The van der Waals surface area contributed by atoms with Gasteiger partial charge in [-0.15, -0.1) is 0 Å². The first-order valence-corrected chi connectivity index (χ1v) is 5.02. The summed E-state index contributed by atoms with van der Waals surface area (Å²) in [5.74, 6) is 1.77. The maximum atomic E-state index is 5.61. The third-order valence-electron chi connectivity index (χ3n) is 1.34. The fourth-order valence-electron chi connectivity index (χ4n) is 0.760. The maximum Gasteiger partial charge on any atom is 0.152 e. The molecule has 0 aliphatic heterocycles. The molecule has 0 aliphatic rings. The third kappa shape index (κ3) is 2.58. The van der Waals surface area contributed by atoms with Crippen molar-refractivity contribution in [2.75, 3.05) is 29.6 Å². The van der Waals surface area contributed by atoms with Crippen molar-refractivity contribution in [3.8, 4) is 0 Å². The molecule has 0 fully saturated rings. The van der Waals surface area contributed by atoms with Gasteiger partial charge >= 0.3 is 0 Å². The van der Waals surface area contributed by atoms with Gasteiger partial charge < -0.3 is 11.1 Å².